The van der Waals surface area contributed by atoms with Gasteiger partial charge in [-0.3, -0.25) is 9.97 Å². The Hall–Kier alpha value is -0.920. The van der Waals surface area contributed by atoms with Gasteiger partial charge in [-0.2, -0.15) is 0 Å². The molecule has 0 N–H and O–H groups in total. The maximum absolute atomic E-state index is 4.39. The molecule has 2 heteroatoms. The first-order valence-corrected chi connectivity index (χ1v) is 4.22. The lowest BCUT2D eigenvalue weighted by atomic mass is 9.90. The predicted octanol–water partition coefficient (Wildman–Crippen LogP) is 2.39. The van der Waals surface area contributed by atoms with Gasteiger partial charge in [0.15, 0.2) is 0 Å². The van der Waals surface area contributed by atoms with Crippen molar-refractivity contribution in [3.63, 3.8) is 0 Å². The molecule has 0 saturated heterocycles. The van der Waals surface area contributed by atoms with Crippen LogP contribution in [0.5, 0.6) is 0 Å². The lowest BCUT2D eigenvalue weighted by Crippen LogP contribution is -2.16. The first kappa shape index (κ1) is 9.17. The number of hydrogen-bond acceptors (Lipinski definition) is 2. The molecule has 0 atom stereocenters. The minimum Gasteiger partial charge on any atom is -0.257 e. The summed E-state index contributed by atoms with van der Waals surface area (Å²) < 4.78 is 0. The molecule has 2 nitrogen and oxygen atoms in total. The van der Waals surface area contributed by atoms with Crippen LogP contribution in [0.15, 0.2) is 6.20 Å². The summed E-state index contributed by atoms with van der Waals surface area (Å²) in [5, 5.41) is 0. The monoisotopic (exact) mass is 164 g/mol. The van der Waals surface area contributed by atoms with E-state index in [0.29, 0.717) is 0 Å². The van der Waals surface area contributed by atoms with Crippen molar-refractivity contribution in [2.24, 2.45) is 0 Å². The van der Waals surface area contributed by atoms with Crippen molar-refractivity contribution in [2.75, 3.05) is 0 Å². The highest BCUT2D eigenvalue weighted by molar-refractivity contribution is 5.19. The van der Waals surface area contributed by atoms with Crippen molar-refractivity contribution < 1.29 is 0 Å². The zero-order valence-electron chi connectivity index (χ0n) is 8.47. The third-order valence-electron chi connectivity index (χ3n) is 1.78. The normalized spacial score (nSPS) is 11.8. The van der Waals surface area contributed by atoms with Gasteiger partial charge in [-0.15, -0.1) is 0 Å². The van der Waals surface area contributed by atoms with Gasteiger partial charge in [0.05, 0.1) is 17.1 Å². The van der Waals surface area contributed by atoms with Crippen LogP contribution in [0.25, 0.3) is 0 Å². The molecule has 1 heterocycles. The van der Waals surface area contributed by atoms with Crippen LogP contribution in [0, 0.1) is 13.8 Å². The van der Waals surface area contributed by atoms with Crippen LogP contribution < -0.4 is 0 Å². The van der Waals surface area contributed by atoms with E-state index in [4.69, 9.17) is 0 Å². The Morgan fingerprint density at radius 2 is 1.75 bits per heavy atom. The van der Waals surface area contributed by atoms with Gasteiger partial charge in [0.1, 0.15) is 0 Å². The third-order valence-corrected chi connectivity index (χ3v) is 1.78. The van der Waals surface area contributed by atoms with E-state index in [1.165, 1.54) is 0 Å². The average molecular weight is 164 g/mol. The van der Waals surface area contributed by atoms with Crippen molar-refractivity contribution in [1.29, 1.82) is 0 Å². The van der Waals surface area contributed by atoms with E-state index in [0.717, 1.165) is 17.1 Å². The maximum atomic E-state index is 4.39. The van der Waals surface area contributed by atoms with E-state index < -0.39 is 0 Å². The topological polar surface area (TPSA) is 25.8 Å². The summed E-state index contributed by atoms with van der Waals surface area (Å²) in [4.78, 5) is 8.76. The van der Waals surface area contributed by atoms with Gasteiger partial charge in [-0.25, -0.2) is 0 Å². The van der Waals surface area contributed by atoms with E-state index in [2.05, 4.69) is 30.7 Å². The molecule has 1 aromatic heterocycles. The Bertz CT molecular complexity index is 284. The van der Waals surface area contributed by atoms with E-state index in [1.807, 2.05) is 20.0 Å². The van der Waals surface area contributed by atoms with Crippen molar-refractivity contribution in [1.82, 2.24) is 9.97 Å². The van der Waals surface area contributed by atoms with Gasteiger partial charge < -0.3 is 0 Å². The molecular weight excluding hydrogens is 148 g/mol. The number of aromatic nitrogens is 2. The predicted molar refractivity (Wildman–Crippen MR) is 50.2 cm³/mol. The Balaban J connectivity index is 3.19. The van der Waals surface area contributed by atoms with Gasteiger partial charge in [0, 0.05) is 11.6 Å². The van der Waals surface area contributed by atoms with Crippen LogP contribution >= 0.6 is 0 Å². The Kier molecular flexibility index (Phi) is 2.18. The van der Waals surface area contributed by atoms with Crippen molar-refractivity contribution in [2.45, 2.75) is 40.0 Å². The molecule has 12 heavy (non-hydrogen) atoms. The second kappa shape index (κ2) is 2.85. The highest BCUT2D eigenvalue weighted by atomic mass is 14.8. The summed E-state index contributed by atoms with van der Waals surface area (Å²) in [5.74, 6) is 0. The van der Waals surface area contributed by atoms with Crippen LogP contribution in [0.4, 0.5) is 0 Å². The van der Waals surface area contributed by atoms with Gasteiger partial charge in [0.25, 0.3) is 0 Å². The van der Waals surface area contributed by atoms with Crippen LogP contribution in [-0.2, 0) is 5.41 Å². The van der Waals surface area contributed by atoms with Crippen molar-refractivity contribution >= 4 is 0 Å². The number of aryl methyl sites for hydroxylation is 2. The van der Waals surface area contributed by atoms with E-state index >= 15 is 0 Å². The molecule has 0 aliphatic carbocycles. The van der Waals surface area contributed by atoms with Crippen molar-refractivity contribution in [3.05, 3.63) is 23.3 Å². The fourth-order valence-electron chi connectivity index (χ4n) is 1.33. The zero-order valence-corrected chi connectivity index (χ0v) is 8.47. The quantitative estimate of drug-likeness (QED) is 0.588. The van der Waals surface area contributed by atoms with E-state index in [9.17, 15) is 0 Å². The molecule has 1 aromatic rings. The molecule has 0 unspecified atom stereocenters. The summed E-state index contributed by atoms with van der Waals surface area (Å²) in [5.41, 5.74) is 3.22. The SMILES string of the molecule is Cc1cnc(C(C)(C)C)c(C)n1. The second-order valence-corrected chi connectivity index (χ2v) is 4.20. The van der Waals surface area contributed by atoms with E-state index in [-0.39, 0.29) is 5.41 Å². The van der Waals surface area contributed by atoms with Gasteiger partial charge in [0.2, 0.25) is 0 Å². The Labute approximate surface area is 74.1 Å². The molecule has 1 rings (SSSR count). The van der Waals surface area contributed by atoms with Crippen LogP contribution in [0.2, 0.25) is 0 Å². The molecule has 0 aromatic carbocycles. The van der Waals surface area contributed by atoms with Crippen LogP contribution in [0.3, 0.4) is 0 Å². The molecular formula is C10H16N2. The number of nitrogens with zero attached hydrogens (tertiary/aromatic N) is 2. The van der Waals surface area contributed by atoms with Gasteiger partial charge in [-0.1, -0.05) is 20.8 Å². The minimum atomic E-state index is 0.102. The van der Waals surface area contributed by atoms with E-state index in [1.54, 1.807) is 0 Å². The molecule has 0 aliphatic heterocycles. The standard InChI is InChI=1S/C10H16N2/c1-7-6-11-9(8(2)12-7)10(3,4)5/h6H,1-5H3. The first-order valence-electron chi connectivity index (χ1n) is 4.22. The number of hydrogen-bond donors (Lipinski definition) is 0. The van der Waals surface area contributed by atoms with Crippen LogP contribution in [-0.4, -0.2) is 9.97 Å². The van der Waals surface area contributed by atoms with Crippen molar-refractivity contribution in [3.8, 4) is 0 Å². The smallest absolute Gasteiger partial charge is 0.0669 e. The third kappa shape index (κ3) is 1.81. The van der Waals surface area contributed by atoms with Crippen LogP contribution in [0.1, 0.15) is 37.9 Å². The Morgan fingerprint density at radius 1 is 1.17 bits per heavy atom. The fourth-order valence-corrected chi connectivity index (χ4v) is 1.33. The maximum Gasteiger partial charge on any atom is 0.0669 e. The summed E-state index contributed by atoms with van der Waals surface area (Å²) in [6, 6.07) is 0. The lowest BCUT2D eigenvalue weighted by Gasteiger charge is -2.19. The van der Waals surface area contributed by atoms with Gasteiger partial charge >= 0.3 is 0 Å². The fraction of sp³-hybridized carbons (Fsp3) is 0.600. The molecule has 0 aliphatic rings. The largest absolute Gasteiger partial charge is 0.257 e. The zero-order chi connectivity index (χ0) is 9.35. The summed E-state index contributed by atoms with van der Waals surface area (Å²) in [6.45, 7) is 10.4. The van der Waals surface area contributed by atoms with Gasteiger partial charge in [-0.05, 0) is 13.8 Å². The number of rotatable bonds is 0. The summed E-state index contributed by atoms with van der Waals surface area (Å²) in [6.07, 6.45) is 1.83. The molecule has 66 valence electrons. The molecule has 0 spiro atoms. The molecule has 0 saturated carbocycles. The molecule has 0 fully saturated rings. The minimum absolute atomic E-state index is 0.102. The highest BCUT2D eigenvalue weighted by Gasteiger charge is 2.18. The highest BCUT2D eigenvalue weighted by Crippen LogP contribution is 2.21. The second-order valence-electron chi connectivity index (χ2n) is 4.20. The summed E-state index contributed by atoms with van der Waals surface area (Å²) in [7, 11) is 0. The summed E-state index contributed by atoms with van der Waals surface area (Å²) >= 11 is 0. The Morgan fingerprint density at radius 3 is 2.17 bits per heavy atom. The molecule has 0 radical (unpaired) electrons. The first-order chi connectivity index (χ1) is 5.41. The molecule has 0 bridgehead atoms. The lowest BCUT2D eigenvalue weighted by molar-refractivity contribution is 0.558. The molecule has 0 amide bonds. The average Bonchev–Trinajstić information content (AvgIpc) is 1.83.